The Morgan fingerprint density at radius 1 is 1.55 bits per heavy atom. The minimum absolute atomic E-state index is 0. The SMILES string of the molecule is C[C@@H](CN)NC(=O)c1ccc2c(c1)NC(=O)CCS2.Cl. The van der Waals surface area contributed by atoms with Crippen molar-refractivity contribution in [1.29, 1.82) is 0 Å². The maximum absolute atomic E-state index is 12.0. The highest BCUT2D eigenvalue weighted by Gasteiger charge is 2.16. The van der Waals surface area contributed by atoms with Crippen molar-refractivity contribution >= 4 is 41.7 Å². The van der Waals surface area contributed by atoms with E-state index in [4.69, 9.17) is 5.73 Å². The number of carbonyl (C=O) groups is 2. The molecule has 1 atom stereocenters. The first-order valence-electron chi connectivity index (χ1n) is 6.18. The zero-order valence-corrected chi connectivity index (χ0v) is 12.8. The lowest BCUT2D eigenvalue weighted by Gasteiger charge is -2.13. The predicted molar refractivity (Wildman–Crippen MR) is 83.6 cm³/mol. The van der Waals surface area contributed by atoms with Gasteiger partial charge < -0.3 is 16.4 Å². The Kier molecular flexibility index (Phi) is 6.32. The van der Waals surface area contributed by atoms with Gasteiger partial charge in [-0.3, -0.25) is 9.59 Å². The molecule has 0 fully saturated rings. The second-order valence-corrected chi connectivity index (χ2v) is 5.60. The van der Waals surface area contributed by atoms with E-state index >= 15 is 0 Å². The average Bonchev–Trinajstić information content (AvgIpc) is 2.58. The van der Waals surface area contributed by atoms with Gasteiger partial charge in [0, 0.05) is 35.2 Å². The molecule has 110 valence electrons. The molecule has 0 aromatic heterocycles. The first-order valence-corrected chi connectivity index (χ1v) is 7.16. The van der Waals surface area contributed by atoms with E-state index in [1.807, 2.05) is 13.0 Å². The maximum Gasteiger partial charge on any atom is 0.251 e. The molecule has 4 N–H and O–H groups in total. The van der Waals surface area contributed by atoms with Crippen LogP contribution in [0, 0.1) is 0 Å². The largest absolute Gasteiger partial charge is 0.348 e. The summed E-state index contributed by atoms with van der Waals surface area (Å²) in [5.41, 5.74) is 6.71. The highest BCUT2D eigenvalue weighted by atomic mass is 35.5. The number of halogens is 1. The number of amides is 2. The van der Waals surface area contributed by atoms with Crippen molar-refractivity contribution in [2.75, 3.05) is 17.6 Å². The molecule has 2 rings (SSSR count). The number of nitrogens with two attached hydrogens (primary N) is 1. The topological polar surface area (TPSA) is 84.2 Å². The quantitative estimate of drug-likeness (QED) is 0.791. The van der Waals surface area contributed by atoms with Crippen molar-refractivity contribution in [3.63, 3.8) is 0 Å². The van der Waals surface area contributed by atoms with E-state index in [1.165, 1.54) is 0 Å². The summed E-state index contributed by atoms with van der Waals surface area (Å²) in [7, 11) is 0. The third kappa shape index (κ3) is 4.13. The van der Waals surface area contributed by atoms with E-state index in [2.05, 4.69) is 10.6 Å². The number of nitrogens with one attached hydrogen (secondary N) is 2. The van der Waals surface area contributed by atoms with Crippen LogP contribution in [0.2, 0.25) is 0 Å². The maximum atomic E-state index is 12.0. The summed E-state index contributed by atoms with van der Waals surface area (Å²) in [5.74, 6) is 0.567. The highest BCUT2D eigenvalue weighted by Crippen LogP contribution is 2.31. The molecule has 20 heavy (non-hydrogen) atoms. The molecule has 0 aliphatic carbocycles. The van der Waals surface area contributed by atoms with Crippen LogP contribution in [0.3, 0.4) is 0 Å². The predicted octanol–water partition coefficient (Wildman–Crippen LogP) is 1.62. The molecule has 5 nitrogen and oxygen atoms in total. The van der Waals surface area contributed by atoms with Gasteiger partial charge in [-0.05, 0) is 25.1 Å². The van der Waals surface area contributed by atoms with Crippen LogP contribution in [0.1, 0.15) is 23.7 Å². The Morgan fingerprint density at radius 2 is 2.30 bits per heavy atom. The van der Waals surface area contributed by atoms with Gasteiger partial charge in [-0.2, -0.15) is 0 Å². The Labute approximate surface area is 128 Å². The van der Waals surface area contributed by atoms with Crippen molar-refractivity contribution in [3.05, 3.63) is 23.8 Å². The lowest BCUT2D eigenvalue weighted by atomic mass is 10.1. The number of thioether (sulfide) groups is 1. The molecule has 1 aliphatic rings. The van der Waals surface area contributed by atoms with Crippen molar-refractivity contribution in [1.82, 2.24) is 5.32 Å². The number of rotatable bonds is 3. The molecular weight excluding hydrogens is 298 g/mol. The standard InChI is InChI=1S/C13H17N3O2S.ClH/c1-8(7-14)15-13(18)9-2-3-11-10(6-9)16-12(17)4-5-19-11;/h2-3,6,8H,4-5,7,14H2,1H3,(H,15,18)(H,16,17);1H/t8-;/m0./s1. The summed E-state index contributed by atoms with van der Waals surface area (Å²) in [6.45, 7) is 2.24. The zero-order chi connectivity index (χ0) is 13.8. The normalized spacial score (nSPS) is 15.2. The molecule has 2 amide bonds. The van der Waals surface area contributed by atoms with Gasteiger partial charge in [0.25, 0.3) is 5.91 Å². The molecule has 1 aromatic rings. The van der Waals surface area contributed by atoms with E-state index in [1.54, 1.807) is 23.9 Å². The Morgan fingerprint density at radius 3 is 3.00 bits per heavy atom. The zero-order valence-electron chi connectivity index (χ0n) is 11.1. The molecule has 0 spiro atoms. The van der Waals surface area contributed by atoms with E-state index in [-0.39, 0.29) is 30.3 Å². The first-order chi connectivity index (χ1) is 9.10. The van der Waals surface area contributed by atoms with Crippen molar-refractivity contribution < 1.29 is 9.59 Å². The van der Waals surface area contributed by atoms with Crippen LogP contribution in [0.15, 0.2) is 23.1 Å². The van der Waals surface area contributed by atoms with Crippen LogP contribution in [-0.2, 0) is 4.79 Å². The summed E-state index contributed by atoms with van der Waals surface area (Å²) in [6, 6.07) is 5.27. The van der Waals surface area contributed by atoms with Gasteiger partial charge in [0.05, 0.1) is 5.69 Å². The van der Waals surface area contributed by atoms with Gasteiger partial charge in [0.15, 0.2) is 0 Å². The fourth-order valence-electron chi connectivity index (χ4n) is 1.73. The fourth-order valence-corrected chi connectivity index (χ4v) is 2.66. The lowest BCUT2D eigenvalue weighted by molar-refractivity contribution is -0.115. The van der Waals surface area contributed by atoms with E-state index in [0.29, 0.717) is 24.2 Å². The van der Waals surface area contributed by atoms with E-state index in [0.717, 1.165) is 10.6 Å². The number of anilines is 1. The Balaban J connectivity index is 0.00000200. The summed E-state index contributed by atoms with van der Waals surface area (Å²) >= 11 is 1.62. The smallest absolute Gasteiger partial charge is 0.251 e. The molecule has 0 saturated heterocycles. The monoisotopic (exact) mass is 315 g/mol. The van der Waals surface area contributed by atoms with Gasteiger partial charge >= 0.3 is 0 Å². The van der Waals surface area contributed by atoms with Crippen LogP contribution >= 0.6 is 24.2 Å². The minimum Gasteiger partial charge on any atom is -0.348 e. The lowest BCUT2D eigenvalue weighted by Crippen LogP contribution is -2.37. The summed E-state index contributed by atoms with van der Waals surface area (Å²) in [4.78, 5) is 24.5. The van der Waals surface area contributed by atoms with Gasteiger partial charge in [0.1, 0.15) is 0 Å². The molecule has 1 aromatic carbocycles. The molecular formula is C13H18ClN3O2S. The molecule has 0 unspecified atom stereocenters. The number of hydrogen-bond acceptors (Lipinski definition) is 4. The number of benzene rings is 1. The average molecular weight is 316 g/mol. The van der Waals surface area contributed by atoms with E-state index in [9.17, 15) is 9.59 Å². The molecule has 0 radical (unpaired) electrons. The highest BCUT2D eigenvalue weighted by molar-refractivity contribution is 7.99. The van der Waals surface area contributed by atoms with Gasteiger partial charge in [-0.15, -0.1) is 24.2 Å². The minimum atomic E-state index is -0.177. The summed E-state index contributed by atoms with van der Waals surface area (Å²) in [6.07, 6.45) is 0.491. The second kappa shape index (κ2) is 7.52. The summed E-state index contributed by atoms with van der Waals surface area (Å²) < 4.78 is 0. The fraction of sp³-hybridized carbons (Fsp3) is 0.385. The number of hydrogen-bond donors (Lipinski definition) is 3. The first kappa shape index (κ1) is 16.8. The molecule has 0 saturated carbocycles. The Hall–Kier alpha value is -1.24. The third-order valence-electron chi connectivity index (χ3n) is 2.83. The summed E-state index contributed by atoms with van der Waals surface area (Å²) in [5, 5.41) is 5.62. The van der Waals surface area contributed by atoms with Crippen molar-refractivity contribution in [3.8, 4) is 0 Å². The number of carbonyl (C=O) groups excluding carboxylic acids is 2. The molecule has 1 heterocycles. The van der Waals surface area contributed by atoms with E-state index < -0.39 is 0 Å². The molecule has 1 aliphatic heterocycles. The number of fused-ring (bicyclic) bond motifs is 1. The third-order valence-corrected chi connectivity index (χ3v) is 3.91. The molecule has 7 heteroatoms. The van der Waals surface area contributed by atoms with Crippen LogP contribution in [-0.4, -0.2) is 30.2 Å². The van der Waals surface area contributed by atoms with Crippen molar-refractivity contribution in [2.45, 2.75) is 24.3 Å². The van der Waals surface area contributed by atoms with Crippen LogP contribution < -0.4 is 16.4 Å². The van der Waals surface area contributed by atoms with Crippen LogP contribution in [0.4, 0.5) is 5.69 Å². The molecule has 0 bridgehead atoms. The van der Waals surface area contributed by atoms with Gasteiger partial charge in [-0.1, -0.05) is 0 Å². The van der Waals surface area contributed by atoms with Gasteiger partial charge in [-0.25, -0.2) is 0 Å². The van der Waals surface area contributed by atoms with Crippen LogP contribution in [0.25, 0.3) is 0 Å². The van der Waals surface area contributed by atoms with Crippen molar-refractivity contribution in [2.24, 2.45) is 5.73 Å². The van der Waals surface area contributed by atoms with Gasteiger partial charge in [0.2, 0.25) is 5.91 Å². The van der Waals surface area contributed by atoms with Crippen LogP contribution in [0.5, 0.6) is 0 Å². The Bertz CT molecular complexity index is 510. The second-order valence-electron chi connectivity index (χ2n) is 4.47.